The lowest BCUT2D eigenvalue weighted by Crippen LogP contribution is -2.35. The van der Waals surface area contributed by atoms with Crippen molar-refractivity contribution < 1.29 is 0 Å². The average Bonchev–Trinajstić information content (AvgIpc) is 2.38. The predicted octanol–water partition coefficient (Wildman–Crippen LogP) is 1.58. The molecule has 5 nitrogen and oxygen atoms in total. The van der Waals surface area contributed by atoms with Crippen LogP contribution in [0.3, 0.4) is 0 Å². The molecule has 1 aliphatic heterocycles. The van der Waals surface area contributed by atoms with E-state index in [1.54, 1.807) is 0 Å². The van der Waals surface area contributed by atoms with Gasteiger partial charge in [-0.25, -0.2) is 4.98 Å². The van der Waals surface area contributed by atoms with Gasteiger partial charge in [0.1, 0.15) is 5.82 Å². The third-order valence-corrected chi connectivity index (χ3v) is 3.48. The Kier molecular flexibility index (Phi) is 4.36. The van der Waals surface area contributed by atoms with Gasteiger partial charge in [0.15, 0.2) is 0 Å². The number of hydrogen-bond donors (Lipinski definition) is 2. The molecule has 2 rings (SSSR count). The Labute approximate surface area is 109 Å². The summed E-state index contributed by atoms with van der Waals surface area (Å²) < 4.78 is 0. The van der Waals surface area contributed by atoms with E-state index in [9.17, 15) is 0 Å². The number of nitrogens with one attached hydrogen (secondary N) is 2. The van der Waals surface area contributed by atoms with Crippen LogP contribution in [0, 0.1) is 12.8 Å². The zero-order valence-electron chi connectivity index (χ0n) is 11.5. The van der Waals surface area contributed by atoms with Crippen LogP contribution in [0.25, 0.3) is 0 Å². The van der Waals surface area contributed by atoms with Crippen LogP contribution in [0.4, 0.5) is 11.8 Å². The van der Waals surface area contributed by atoms with Crippen LogP contribution in [0.5, 0.6) is 0 Å². The molecule has 0 spiro atoms. The Balaban J connectivity index is 1.92. The van der Waals surface area contributed by atoms with Crippen molar-refractivity contribution in [3.05, 3.63) is 11.8 Å². The van der Waals surface area contributed by atoms with Crippen molar-refractivity contribution in [3.8, 4) is 0 Å². The van der Waals surface area contributed by atoms with E-state index in [4.69, 9.17) is 0 Å². The molecule has 0 saturated carbocycles. The smallest absolute Gasteiger partial charge is 0.224 e. The molecule has 18 heavy (non-hydrogen) atoms. The Hall–Kier alpha value is -1.36. The predicted molar refractivity (Wildman–Crippen MR) is 75.0 cm³/mol. The second kappa shape index (κ2) is 6.00. The number of anilines is 2. The highest BCUT2D eigenvalue weighted by Crippen LogP contribution is 2.17. The Bertz CT molecular complexity index is 393. The number of likely N-dealkylation sites (tertiary alicyclic amines) is 1. The molecule has 2 heterocycles. The van der Waals surface area contributed by atoms with Crippen molar-refractivity contribution in [1.82, 2.24) is 14.9 Å². The maximum Gasteiger partial charge on any atom is 0.224 e. The maximum absolute atomic E-state index is 4.45. The molecule has 0 amide bonds. The van der Waals surface area contributed by atoms with Crippen molar-refractivity contribution in [3.63, 3.8) is 0 Å². The molecule has 5 heteroatoms. The largest absolute Gasteiger partial charge is 0.369 e. The summed E-state index contributed by atoms with van der Waals surface area (Å²) in [4.78, 5) is 11.0. The number of piperidine rings is 1. The van der Waals surface area contributed by atoms with Crippen molar-refractivity contribution >= 4 is 11.8 Å². The van der Waals surface area contributed by atoms with Gasteiger partial charge >= 0.3 is 0 Å². The second-order valence-corrected chi connectivity index (χ2v) is 5.13. The Morgan fingerprint density at radius 3 is 3.06 bits per heavy atom. The Morgan fingerprint density at radius 2 is 2.33 bits per heavy atom. The second-order valence-electron chi connectivity index (χ2n) is 5.13. The SMILES string of the molecule is CNc1ncc(C)c(NCC2CCCN(C)C2)n1. The first kappa shape index (κ1) is 13.1. The van der Waals surface area contributed by atoms with E-state index in [2.05, 4.69) is 32.5 Å². The first-order chi connectivity index (χ1) is 8.69. The fourth-order valence-electron chi connectivity index (χ4n) is 2.42. The quantitative estimate of drug-likeness (QED) is 0.848. The molecule has 0 radical (unpaired) electrons. The first-order valence-corrected chi connectivity index (χ1v) is 6.63. The molecule has 0 aromatic carbocycles. The van der Waals surface area contributed by atoms with Gasteiger partial charge in [-0.05, 0) is 39.3 Å². The number of aromatic nitrogens is 2. The maximum atomic E-state index is 4.45. The zero-order valence-corrected chi connectivity index (χ0v) is 11.5. The first-order valence-electron chi connectivity index (χ1n) is 6.63. The zero-order chi connectivity index (χ0) is 13.0. The van der Waals surface area contributed by atoms with E-state index in [0.29, 0.717) is 5.95 Å². The van der Waals surface area contributed by atoms with E-state index in [1.807, 2.05) is 20.2 Å². The lowest BCUT2D eigenvalue weighted by Gasteiger charge is -2.29. The molecule has 1 unspecified atom stereocenters. The fourth-order valence-corrected chi connectivity index (χ4v) is 2.42. The van der Waals surface area contributed by atoms with E-state index >= 15 is 0 Å². The monoisotopic (exact) mass is 249 g/mol. The molecule has 1 atom stereocenters. The molecule has 1 aromatic heterocycles. The molecule has 1 aromatic rings. The molecule has 0 aliphatic carbocycles. The highest BCUT2D eigenvalue weighted by atomic mass is 15.1. The van der Waals surface area contributed by atoms with Gasteiger partial charge in [0.05, 0.1) is 0 Å². The van der Waals surface area contributed by atoms with Gasteiger partial charge in [0.2, 0.25) is 5.95 Å². The van der Waals surface area contributed by atoms with Gasteiger partial charge in [-0.3, -0.25) is 0 Å². The number of aryl methyl sites for hydroxylation is 1. The van der Waals surface area contributed by atoms with Gasteiger partial charge < -0.3 is 15.5 Å². The fraction of sp³-hybridized carbons (Fsp3) is 0.692. The number of hydrogen-bond acceptors (Lipinski definition) is 5. The highest BCUT2D eigenvalue weighted by molar-refractivity contribution is 5.46. The van der Waals surface area contributed by atoms with Crippen LogP contribution in [0.2, 0.25) is 0 Å². The molecule has 0 bridgehead atoms. The van der Waals surface area contributed by atoms with Crippen LogP contribution in [-0.4, -0.2) is 48.6 Å². The minimum atomic E-state index is 0.670. The summed E-state index contributed by atoms with van der Waals surface area (Å²) in [5.41, 5.74) is 1.10. The normalized spacial score (nSPS) is 20.7. The molecule has 1 aliphatic rings. The molecular formula is C13H23N5. The molecular weight excluding hydrogens is 226 g/mol. The lowest BCUT2D eigenvalue weighted by molar-refractivity contribution is 0.217. The van der Waals surface area contributed by atoms with Crippen LogP contribution >= 0.6 is 0 Å². The number of nitrogens with zero attached hydrogens (tertiary/aromatic N) is 3. The summed E-state index contributed by atoms with van der Waals surface area (Å²) in [6.45, 7) is 5.43. The van der Waals surface area contributed by atoms with Gasteiger partial charge in [-0.2, -0.15) is 4.98 Å². The molecule has 2 N–H and O–H groups in total. The van der Waals surface area contributed by atoms with E-state index in [1.165, 1.54) is 25.9 Å². The van der Waals surface area contributed by atoms with Gasteiger partial charge in [-0.15, -0.1) is 0 Å². The van der Waals surface area contributed by atoms with Crippen LogP contribution in [0.1, 0.15) is 18.4 Å². The van der Waals surface area contributed by atoms with Crippen molar-refractivity contribution in [2.45, 2.75) is 19.8 Å². The van der Waals surface area contributed by atoms with Crippen molar-refractivity contribution in [1.29, 1.82) is 0 Å². The highest BCUT2D eigenvalue weighted by Gasteiger charge is 2.17. The summed E-state index contributed by atoms with van der Waals surface area (Å²) in [6.07, 6.45) is 4.46. The lowest BCUT2D eigenvalue weighted by atomic mass is 9.98. The van der Waals surface area contributed by atoms with Gasteiger partial charge in [-0.1, -0.05) is 0 Å². The van der Waals surface area contributed by atoms with E-state index < -0.39 is 0 Å². The van der Waals surface area contributed by atoms with Gasteiger partial charge in [0, 0.05) is 31.9 Å². The minimum Gasteiger partial charge on any atom is -0.369 e. The minimum absolute atomic E-state index is 0.670. The van der Waals surface area contributed by atoms with E-state index in [-0.39, 0.29) is 0 Å². The van der Waals surface area contributed by atoms with Crippen LogP contribution in [0.15, 0.2) is 6.20 Å². The summed E-state index contributed by atoms with van der Waals surface area (Å²) in [6, 6.07) is 0. The van der Waals surface area contributed by atoms with Crippen molar-refractivity contribution in [2.24, 2.45) is 5.92 Å². The summed E-state index contributed by atoms with van der Waals surface area (Å²) in [7, 11) is 4.03. The van der Waals surface area contributed by atoms with Crippen LogP contribution in [-0.2, 0) is 0 Å². The van der Waals surface area contributed by atoms with E-state index in [0.717, 1.165) is 23.8 Å². The summed E-state index contributed by atoms with van der Waals surface area (Å²) in [5, 5.41) is 6.43. The van der Waals surface area contributed by atoms with Gasteiger partial charge in [0.25, 0.3) is 0 Å². The molecule has 1 saturated heterocycles. The molecule has 100 valence electrons. The third-order valence-electron chi connectivity index (χ3n) is 3.48. The Morgan fingerprint density at radius 1 is 1.50 bits per heavy atom. The average molecular weight is 249 g/mol. The molecule has 1 fully saturated rings. The summed E-state index contributed by atoms with van der Waals surface area (Å²) in [5.74, 6) is 2.34. The topological polar surface area (TPSA) is 53.1 Å². The van der Waals surface area contributed by atoms with Crippen molar-refractivity contribution in [2.75, 3.05) is 44.4 Å². The summed E-state index contributed by atoms with van der Waals surface area (Å²) >= 11 is 0. The number of rotatable bonds is 4. The standard InChI is InChI=1S/C13H23N5/c1-10-7-16-13(14-2)17-12(10)15-8-11-5-4-6-18(3)9-11/h7,11H,4-6,8-9H2,1-3H3,(H2,14,15,16,17). The van der Waals surface area contributed by atoms with Crippen LogP contribution < -0.4 is 10.6 Å². The third kappa shape index (κ3) is 3.32.